The number of pyridine rings is 1. The molecule has 0 amide bonds. The van der Waals surface area contributed by atoms with Crippen LogP contribution in [0.5, 0.6) is 5.75 Å². The van der Waals surface area contributed by atoms with Gasteiger partial charge in [-0.3, -0.25) is 0 Å². The molecular formula is C21H23FN6O3S. The second kappa shape index (κ2) is 9.45. The van der Waals surface area contributed by atoms with Crippen molar-refractivity contribution in [2.24, 2.45) is 0 Å². The molecule has 0 aliphatic carbocycles. The maximum atomic E-state index is 14.2. The van der Waals surface area contributed by atoms with Crippen molar-refractivity contribution < 1.29 is 17.5 Å². The zero-order valence-corrected chi connectivity index (χ0v) is 18.3. The van der Waals surface area contributed by atoms with Crippen LogP contribution in [0.2, 0.25) is 0 Å². The first-order chi connectivity index (χ1) is 15.5. The van der Waals surface area contributed by atoms with Crippen molar-refractivity contribution in [1.29, 1.82) is 0 Å². The summed E-state index contributed by atoms with van der Waals surface area (Å²) in [5.74, 6) is 1.28. The van der Waals surface area contributed by atoms with Crippen LogP contribution in [-0.4, -0.2) is 60.5 Å². The predicted octanol–water partition coefficient (Wildman–Crippen LogP) is 2.66. The topological polar surface area (TPSA) is 101 Å². The summed E-state index contributed by atoms with van der Waals surface area (Å²) in [7, 11) is -3.81. The van der Waals surface area contributed by atoms with Crippen LogP contribution in [-0.2, 0) is 10.0 Å². The van der Waals surface area contributed by atoms with E-state index in [-0.39, 0.29) is 23.7 Å². The first-order valence-electron chi connectivity index (χ1n) is 10.1. The second-order valence-electron chi connectivity index (χ2n) is 7.02. The van der Waals surface area contributed by atoms with Crippen LogP contribution in [0.1, 0.15) is 6.92 Å². The minimum atomic E-state index is -3.81. The third-order valence-corrected chi connectivity index (χ3v) is 6.87. The number of hydrogen-bond acceptors (Lipinski definition) is 8. The van der Waals surface area contributed by atoms with Crippen LogP contribution in [0.4, 0.5) is 21.8 Å². The molecule has 0 spiro atoms. The van der Waals surface area contributed by atoms with Crippen molar-refractivity contribution in [2.75, 3.05) is 43.0 Å². The fraction of sp³-hybridized carbons (Fsp3) is 0.286. The Morgan fingerprint density at radius 3 is 2.53 bits per heavy atom. The van der Waals surface area contributed by atoms with Crippen LogP contribution >= 0.6 is 0 Å². The molecule has 3 aromatic rings. The summed E-state index contributed by atoms with van der Waals surface area (Å²) in [5.41, 5.74) is 0. The average Bonchev–Trinajstić information content (AvgIpc) is 2.81. The first kappa shape index (κ1) is 21.9. The SMILES string of the molecule is CCOc1ccc(S(=O)(=O)N2CCN(c3cc(Nc4ccccn4)ncn3)CC2)cc1F. The summed E-state index contributed by atoms with van der Waals surface area (Å²) < 4.78 is 46.6. The predicted molar refractivity (Wildman–Crippen MR) is 118 cm³/mol. The van der Waals surface area contributed by atoms with E-state index in [2.05, 4.69) is 20.3 Å². The number of nitrogens with one attached hydrogen (secondary N) is 1. The van der Waals surface area contributed by atoms with E-state index < -0.39 is 15.8 Å². The van der Waals surface area contributed by atoms with Crippen LogP contribution in [0.15, 0.2) is 59.9 Å². The molecule has 168 valence electrons. The molecule has 0 saturated carbocycles. The van der Waals surface area contributed by atoms with E-state index in [1.807, 2.05) is 23.1 Å². The summed E-state index contributed by atoms with van der Waals surface area (Å²) in [6.07, 6.45) is 3.13. The van der Waals surface area contributed by atoms with Gasteiger partial charge < -0.3 is 15.0 Å². The lowest BCUT2D eigenvalue weighted by Crippen LogP contribution is -2.48. The van der Waals surface area contributed by atoms with Crippen LogP contribution in [0.3, 0.4) is 0 Å². The van der Waals surface area contributed by atoms with Crippen molar-refractivity contribution >= 4 is 27.5 Å². The van der Waals surface area contributed by atoms with E-state index in [4.69, 9.17) is 4.74 Å². The van der Waals surface area contributed by atoms with Crippen LogP contribution in [0, 0.1) is 5.82 Å². The number of halogens is 1. The van der Waals surface area contributed by atoms with Gasteiger partial charge in [-0.05, 0) is 37.3 Å². The number of ether oxygens (including phenoxy) is 1. The van der Waals surface area contributed by atoms with Crippen LogP contribution < -0.4 is 15.0 Å². The van der Waals surface area contributed by atoms with Gasteiger partial charge in [0.05, 0.1) is 11.5 Å². The number of nitrogens with zero attached hydrogens (tertiary/aromatic N) is 5. The lowest BCUT2D eigenvalue weighted by Gasteiger charge is -2.34. The lowest BCUT2D eigenvalue weighted by atomic mass is 10.3. The Morgan fingerprint density at radius 2 is 1.84 bits per heavy atom. The van der Waals surface area contributed by atoms with Gasteiger partial charge in [-0.15, -0.1) is 0 Å². The summed E-state index contributed by atoms with van der Waals surface area (Å²) >= 11 is 0. The van der Waals surface area contributed by atoms with Crippen molar-refractivity contribution in [3.63, 3.8) is 0 Å². The Bertz CT molecular complexity index is 1170. The third-order valence-electron chi connectivity index (χ3n) is 4.98. The largest absolute Gasteiger partial charge is 0.491 e. The zero-order valence-electron chi connectivity index (χ0n) is 17.5. The Kier molecular flexibility index (Phi) is 6.47. The van der Waals surface area contributed by atoms with Gasteiger partial charge in [0.25, 0.3) is 0 Å². The highest BCUT2D eigenvalue weighted by atomic mass is 32.2. The molecule has 0 bridgehead atoms. The molecular weight excluding hydrogens is 435 g/mol. The molecule has 3 heterocycles. The Labute approximate surface area is 185 Å². The van der Waals surface area contributed by atoms with Gasteiger partial charge in [-0.1, -0.05) is 6.07 Å². The number of sulfonamides is 1. The maximum Gasteiger partial charge on any atom is 0.243 e. The lowest BCUT2D eigenvalue weighted by molar-refractivity contribution is 0.321. The van der Waals surface area contributed by atoms with Gasteiger partial charge in [0.1, 0.15) is 23.8 Å². The van der Waals surface area contributed by atoms with E-state index in [0.717, 1.165) is 6.07 Å². The van der Waals surface area contributed by atoms with Crippen molar-refractivity contribution in [3.8, 4) is 5.75 Å². The highest BCUT2D eigenvalue weighted by Gasteiger charge is 2.29. The van der Waals surface area contributed by atoms with E-state index in [9.17, 15) is 12.8 Å². The number of piperazine rings is 1. The van der Waals surface area contributed by atoms with Gasteiger partial charge in [0.2, 0.25) is 10.0 Å². The number of aromatic nitrogens is 3. The van der Waals surface area contributed by atoms with E-state index in [0.29, 0.717) is 37.1 Å². The molecule has 1 saturated heterocycles. The molecule has 9 nitrogen and oxygen atoms in total. The quantitative estimate of drug-likeness (QED) is 0.577. The molecule has 0 radical (unpaired) electrons. The van der Waals surface area contributed by atoms with E-state index >= 15 is 0 Å². The molecule has 1 aliphatic heterocycles. The molecule has 32 heavy (non-hydrogen) atoms. The molecule has 11 heteroatoms. The molecule has 0 unspecified atom stereocenters. The minimum Gasteiger partial charge on any atom is -0.491 e. The average molecular weight is 459 g/mol. The maximum absolute atomic E-state index is 14.2. The highest BCUT2D eigenvalue weighted by molar-refractivity contribution is 7.89. The van der Waals surface area contributed by atoms with Gasteiger partial charge in [-0.2, -0.15) is 4.31 Å². The zero-order chi connectivity index (χ0) is 22.6. The van der Waals surface area contributed by atoms with E-state index in [1.54, 1.807) is 19.2 Å². The summed E-state index contributed by atoms with van der Waals surface area (Å²) in [4.78, 5) is 14.6. The Morgan fingerprint density at radius 1 is 1.03 bits per heavy atom. The number of anilines is 3. The molecule has 0 atom stereocenters. The van der Waals surface area contributed by atoms with Crippen molar-refractivity contribution in [2.45, 2.75) is 11.8 Å². The van der Waals surface area contributed by atoms with Crippen molar-refractivity contribution in [1.82, 2.24) is 19.3 Å². The molecule has 1 aromatic carbocycles. The number of hydrogen-bond donors (Lipinski definition) is 1. The summed E-state index contributed by atoms with van der Waals surface area (Å²) in [6, 6.07) is 11.0. The van der Waals surface area contributed by atoms with Crippen LogP contribution in [0.25, 0.3) is 0 Å². The molecule has 4 rings (SSSR count). The van der Waals surface area contributed by atoms with E-state index in [1.165, 1.54) is 22.8 Å². The standard InChI is InChI=1S/C21H23FN6O3S/c1-2-31-18-7-6-16(13-17(18)22)32(29,30)28-11-9-27(10-12-28)21-14-20(24-15-25-21)26-19-5-3-4-8-23-19/h3-8,13-15H,2,9-12H2,1H3,(H,23,24,25,26). The van der Waals surface area contributed by atoms with Crippen molar-refractivity contribution in [3.05, 3.63) is 60.8 Å². The Hall–Kier alpha value is -3.31. The monoisotopic (exact) mass is 458 g/mol. The minimum absolute atomic E-state index is 0.0372. The fourth-order valence-corrected chi connectivity index (χ4v) is 4.81. The fourth-order valence-electron chi connectivity index (χ4n) is 3.38. The number of benzene rings is 1. The smallest absolute Gasteiger partial charge is 0.243 e. The van der Waals surface area contributed by atoms with Gasteiger partial charge >= 0.3 is 0 Å². The van der Waals surface area contributed by atoms with Gasteiger partial charge in [0, 0.05) is 38.4 Å². The molecule has 1 fully saturated rings. The van der Waals surface area contributed by atoms with Gasteiger partial charge in [0.15, 0.2) is 11.6 Å². The highest BCUT2D eigenvalue weighted by Crippen LogP contribution is 2.25. The molecule has 1 aliphatic rings. The number of rotatable bonds is 7. The second-order valence-corrected chi connectivity index (χ2v) is 8.96. The third kappa shape index (κ3) is 4.78. The Balaban J connectivity index is 1.43. The van der Waals surface area contributed by atoms with Gasteiger partial charge in [-0.25, -0.2) is 27.8 Å². The summed E-state index contributed by atoms with van der Waals surface area (Å²) in [5, 5.41) is 3.12. The summed E-state index contributed by atoms with van der Waals surface area (Å²) in [6.45, 7) is 3.43. The normalized spacial score (nSPS) is 14.9. The first-order valence-corrected chi connectivity index (χ1v) is 11.6. The molecule has 2 aromatic heterocycles. The molecule has 1 N–H and O–H groups in total.